The number of halogens is 1. The summed E-state index contributed by atoms with van der Waals surface area (Å²) in [5, 5.41) is 21.2. The molecular formula is C17H17FN6OS2. The van der Waals surface area contributed by atoms with Crippen LogP contribution in [-0.2, 0) is 11.2 Å². The van der Waals surface area contributed by atoms with E-state index in [1.807, 2.05) is 0 Å². The van der Waals surface area contributed by atoms with Crippen molar-refractivity contribution in [1.82, 2.24) is 20.4 Å². The van der Waals surface area contributed by atoms with Crippen LogP contribution < -0.4 is 10.2 Å². The van der Waals surface area contributed by atoms with Gasteiger partial charge < -0.3 is 10.2 Å². The first-order valence-corrected chi connectivity index (χ1v) is 10.3. The van der Waals surface area contributed by atoms with Gasteiger partial charge >= 0.3 is 0 Å². The van der Waals surface area contributed by atoms with Crippen LogP contribution in [0.2, 0.25) is 0 Å². The number of anilines is 2. The topological polar surface area (TPSA) is 83.9 Å². The van der Waals surface area contributed by atoms with E-state index in [9.17, 15) is 9.18 Å². The maximum Gasteiger partial charge on any atom is 0.229 e. The molecule has 1 saturated heterocycles. The predicted octanol–water partition coefficient (Wildman–Crippen LogP) is 2.97. The molecule has 3 heterocycles. The average molecular weight is 404 g/mol. The molecule has 0 saturated carbocycles. The molecule has 1 amide bonds. The molecule has 1 N–H and O–H groups in total. The number of rotatable bonds is 5. The first-order chi connectivity index (χ1) is 13.2. The summed E-state index contributed by atoms with van der Waals surface area (Å²) in [6.45, 7) is 1.53. The molecule has 1 aliphatic heterocycles. The summed E-state index contributed by atoms with van der Waals surface area (Å²) < 4.78 is 13.0. The molecule has 7 nitrogen and oxygen atoms in total. The van der Waals surface area contributed by atoms with E-state index < -0.39 is 0 Å². The smallest absolute Gasteiger partial charge is 0.229 e. The van der Waals surface area contributed by atoms with Crippen molar-refractivity contribution in [2.75, 3.05) is 23.3 Å². The number of carbonyl (C=O) groups is 1. The molecule has 0 radical (unpaired) electrons. The lowest BCUT2D eigenvalue weighted by Crippen LogP contribution is -2.38. The first-order valence-electron chi connectivity index (χ1n) is 8.56. The summed E-state index contributed by atoms with van der Waals surface area (Å²) >= 11 is 2.86. The summed E-state index contributed by atoms with van der Waals surface area (Å²) in [5.74, 6) is -0.271. The number of benzene rings is 1. The lowest BCUT2D eigenvalue weighted by atomic mass is 9.96. The van der Waals surface area contributed by atoms with Gasteiger partial charge in [0.1, 0.15) is 16.3 Å². The largest absolute Gasteiger partial charge is 0.347 e. The van der Waals surface area contributed by atoms with Gasteiger partial charge in [-0.05, 0) is 30.5 Å². The molecule has 0 unspecified atom stereocenters. The molecule has 0 atom stereocenters. The van der Waals surface area contributed by atoms with Crippen molar-refractivity contribution in [3.63, 3.8) is 0 Å². The Balaban J connectivity index is 1.31. The van der Waals surface area contributed by atoms with E-state index in [0.29, 0.717) is 11.6 Å². The van der Waals surface area contributed by atoms with Crippen molar-refractivity contribution < 1.29 is 9.18 Å². The lowest BCUT2D eigenvalue weighted by molar-refractivity contribution is -0.120. The maximum absolute atomic E-state index is 13.0. The highest BCUT2D eigenvalue weighted by Crippen LogP contribution is 2.28. The zero-order chi connectivity index (χ0) is 18.6. The van der Waals surface area contributed by atoms with Crippen molar-refractivity contribution in [3.05, 3.63) is 46.2 Å². The highest BCUT2D eigenvalue weighted by molar-refractivity contribution is 7.15. The monoisotopic (exact) mass is 404 g/mol. The molecule has 1 fully saturated rings. The third-order valence-electron chi connectivity index (χ3n) is 4.45. The Morgan fingerprint density at radius 3 is 2.67 bits per heavy atom. The molecule has 27 heavy (non-hydrogen) atoms. The summed E-state index contributed by atoms with van der Waals surface area (Å²) in [5.41, 5.74) is 2.60. The Hall–Kier alpha value is -2.46. The van der Waals surface area contributed by atoms with Gasteiger partial charge in [0.15, 0.2) is 0 Å². The predicted molar refractivity (Wildman–Crippen MR) is 103 cm³/mol. The van der Waals surface area contributed by atoms with Crippen molar-refractivity contribution >= 4 is 38.8 Å². The van der Waals surface area contributed by atoms with Crippen LogP contribution in [0.5, 0.6) is 0 Å². The normalized spacial score (nSPS) is 15.1. The van der Waals surface area contributed by atoms with E-state index in [-0.39, 0.29) is 17.6 Å². The van der Waals surface area contributed by atoms with Gasteiger partial charge in [-0.2, -0.15) is 0 Å². The van der Waals surface area contributed by atoms with Crippen molar-refractivity contribution in [2.45, 2.75) is 19.3 Å². The van der Waals surface area contributed by atoms with Gasteiger partial charge in [0.25, 0.3) is 0 Å². The third-order valence-corrected chi connectivity index (χ3v) is 6.04. The summed E-state index contributed by atoms with van der Waals surface area (Å²) in [6.07, 6.45) is 2.16. The van der Waals surface area contributed by atoms with Gasteiger partial charge in [-0.1, -0.05) is 34.8 Å². The minimum absolute atomic E-state index is 0.000614. The van der Waals surface area contributed by atoms with Gasteiger partial charge in [-0.15, -0.1) is 20.4 Å². The molecule has 1 aromatic carbocycles. The second kappa shape index (κ2) is 8.05. The van der Waals surface area contributed by atoms with Crippen LogP contribution >= 0.6 is 22.7 Å². The number of carbonyl (C=O) groups excluding carboxylic acids is 1. The quantitative estimate of drug-likeness (QED) is 0.704. The molecular weight excluding hydrogens is 387 g/mol. The minimum atomic E-state index is -0.241. The van der Waals surface area contributed by atoms with Gasteiger partial charge in [0.2, 0.25) is 16.2 Å². The summed E-state index contributed by atoms with van der Waals surface area (Å²) in [4.78, 5) is 14.5. The molecule has 10 heteroatoms. The van der Waals surface area contributed by atoms with E-state index in [1.54, 1.807) is 29.0 Å². The van der Waals surface area contributed by atoms with E-state index >= 15 is 0 Å². The number of hydrogen-bond donors (Lipinski definition) is 1. The Labute approximate surface area is 163 Å². The van der Waals surface area contributed by atoms with Crippen LogP contribution in [0.3, 0.4) is 0 Å². The number of hydrogen-bond acceptors (Lipinski definition) is 8. The van der Waals surface area contributed by atoms with E-state index in [2.05, 4.69) is 30.6 Å². The lowest BCUT2D eigenvalue weighted by Gasteiger charge is -2.30. The fourth-order valence-electron chi connectivity index (χ4n) is 2.99. The average Bonchev–Trinajstić information content (AvgIpc) is 3.36. The van der Waals surface area contributed by atoms with Crippen molar-refractivity contribution in [2.24, 2.45) is 5.92 Å². The minimum Gasteiger partial charge on any atom is -0.347 e. The number of nitrogens with one attached hydrogen (secondary N) is 1. The van der Waals surface area contributed by atoms with Gasteiger partial charge in [0.05, 0.1) is 0 Å². The molecule has 140 valence electrons. The summed E-state index contributed by atoms with van der Waals surface area (Å²) in [6, 6.07) is 6.43. The van der Waals surface area contributed by atoms with Gasteiger partial charge in [-0.25, -0.2) is 4.39 Å². The molecule has 4 rings (SSSR count). The standard InChI is InChI=1S/C17H17FN6OS2/c18-13-3-1-11(2-4-13)9-14-21-23-17(27-14)24-7-5-12(6-8-24)15(25)20-16-22-19-10-26-16/h1-4,10,12H,5-9H2,(H,20,22,25). The van der Waals surface area contributed by atoms with Crippen molar-refractivity contribution in [3.8, 4) is 0 Å². The molecule has 0 spiro atoms. The van der Waals surface area contributed by atoms with Gasteiger partial charge in [0, 0.05) is 25.4 Å². The van der Waals surface area contributed by atoms with Crippen LogP contribution in [0.4, 0.5) is 14.7 Å². The fraction of sp³-hybridized carbons (Fsp3) is 0.353. The number of amides is 1. The van der Waals surface area contributed by atoms with Gasteiger partial charge in [-0.3, -0.25) is 4.79 Å². The molecule has 1 aliphatic rings. The Morgan fingerprint density at radius 1 is 1.19 bits per heavy atom. The zero-order valence-corrected chi connectivity index (χ0v) is 16.0. The third kappa shape index (κ3) is 4.45. The molecule has 0 bridgehead atoms. The number of piperidine rings is 1. The van der Waals surface area contributed by atoms with Crippen LogP contribution in [0.25, 0.3) is 0 Å². The number of aromatic nitrogens is 4. The molecule has 3 aromatic rings. The van der Waals surface area contributed by atoms with Crippen LogP contribution in [0.15, 0.2) is 29.8 Å². The van der Waals surface area contributed by atoms with E-state index in [4.69, 9.17) is 0 Å². The van der Waals surface area contributed by atoms with Crippen molar-refractivity contribution in [1.29, 1.82) is 0 Å². The number of nitrogens with zero attached hydrogens (tertiary/aromatic N) is 5. The maximum atomic E-state index is 13.0. The zero-order valence-electron chi connectivity index (χ0n) is 14.3. The van der Waals surface area contributed by atoms with E-state index in [1.165, 1.54) is 23.5 Å². The molecule has 0 aliphatic carbocycles. The van der Waals surface area contributed by atoms with Crippen LogP contribution in [0, 0.1) is 11.7 Å². The Bertz CT molecular complexity index is 891. The van der Waals surface area contributed by atoms with Crippen LogP contribution in [-0.4, -0.2) is 39.4 Å². The van der Waals surface area contributed by atoms with Crippen LogP contribution in [0.1, 0.15) is 23.4 Å². The SMILES string of the molecule is O=C(Nc1nncs1)C1CCN(c2nnc(Cc3ccc(F)cc3)s2)CC1. The first kappa shape index (κ1) is 17.9. The van der Waals surface area contributed by atoms with E-state index in [0.717, 1.165) is 41.6 Å². The second-order valence-corrected chi connectivity index (χ2v) is 8.15. The Kier molecular flexibility index (Phi) is 5.35. The highest BCUT2D eigenvalue weighted by Gasteiger charge is 2.27. The second-order valence-electron chi connectivity index (χ2n) is 6.28. The molecule has 2 aromatic heterocycles. The fourth-order valence-corrected chi connectivity index (χ4v) is 4.36. The highest BCUT2D eigenvalue weighted by atomic mass is 32.1. The summed E-state index contributed by atoms with van der Waals surface area (Å²) in [7, 11) is 0. The Morgan fingerprint density at radius 2 is 1.96 bits per heavy atom.